The van der Waals surface area contributed by atoms with Crippen LogP contribution in [0.25, 0.3) is 0 Å². The standard InChI is InChI=1S/C17H25NO3/c1-12(2)17-18(11-10-15(19)20-4)13(3)16(21-17)14-8-6-5-7-9-14/h5-9,12-13,16-17H,10-11H2,1-4H3. The quantitative estimate of drug-likeness (QED) is 0.782. The highest BCUT2D eigenvalue weighted by Crippen LogP contribution is 2.37. The molecule has 0 saturated carbocycles. The van der Waals surface area contributed by atoms with Crippen LogP contribution in [-0.4, -0.2) is 36.8 Å². The van der Waals surface area contributed by atoms with Gasteiger partial charge >= 0.3 is 5.97 Å². The summed E-state index contributed by atoms with van der Waals surface area (Å²) in [7, 11) is 1.43. The van der Waals surface area contributed by atoms with Crippen LogP contribution in [0, 0.1) is 5.92 Å². The van der Waals surface area contributed by atoms with Gasteiger partial charge in [-0.05, 0) is 18.4 Å². The van der Waals surface area contributed by atoms with E-state index in [4.69, 9.17) is 9.47 Å². The number of carbonyl (C=O) groups is 1. The van der Waals surface area contributed by atoms with Crippen molar-refractivity contribution in [3.8, 4) is 0 Å². The fraction of sp³-hybridized carbons (Fsp3) is 0.588. The summed E-state index contributed by atoms with van der Waals surface area (Å²) in [6.45, 7) is 7.13. The van der Waals surface area contributed by atoms with Crippen LogP contribution in [0.1, 0.15) is 38.9 Å². The second-order valence-electron chi connectivity index (χ2n) is 5.91. The lowest BCUT2D eigenvalue weighted by Gasteiger charge is -2.28. The first kappa shape index (κ1) is 16.0. The number of ether oxygens (including phenoxy) is 2. The smallest absolute Gasteiger partial charge is 0.306 e. The lowest BCUT2D eigenvalue weighted by atomic mass is 10.0. The molecule has 3 unspecified atom stereocenters. The first-order chi connectivity index (χ1) is 10.0. The third kappa shape index (κ3) is 3.63. The van der Waals surface area contributed by atoms with Gasteiger partial charge in [0, 0.05) is 12.6 Å². The van der Waals surface area contributed by atoms with Crippen molar-refractivity contribution in [2.45, 2.75) is 45.6 Å². The van der Waals surface area contributed by atoms with E-state index in [1.165, 1.54) is 12.7 Å². The van der Waals surface area contributed by atoms with Crippen LogP contribution in [0.4, 0.5) is 0 Å². The molecule has 0 N–H and O–H groups in total. The van der Waals surface area contributed by atoms with Gasteiger partial charge < -0.3 is 9.47 Å². The van der Waals surface area contributed by atoms with E-state index in [0.29, 0.717) is 18.9 Å². The Morgan fingerprint density at radius 3 is 2.57 bits per heavy atom. The molecule has 3 atom stereocenters. The molecule has 1 heterocycles. The fourth-order valence-electron chi connectivity index (χ4n) is 2.94. The Labute approximate surface area is 127 Å². The maximum absolute atomic E-state index is 11.4. The molecule has 1 saturated heterocycles. The minimum atomic E-state index is -0.173. The number of rotatable bonds is 5. The Morgan fingerprint density at radius 2 is 2.00 bits per heavy atom. The monoisotopic (exact) mass is 291 g/mol. The van der Waals surface area contributed by atoms with Gasteiger partial charge in [0.15, 0.2) is 0 Å². The van der Waals surface area contributed by atoms with Crippen LogP contribution < -0.4 is 0 Å². The largest absolute Gasteiger partial charge is 0.469 e. The van der Waals surface area contributed by atoms with Crippen LogP contribution in [0.3, 0.4) is 0 Å². The number of hydrogen-bond donors (Lipinski definition) is 0. The van der Waals surface area contributed by atoms with Crippen molar-refractivity contribution >= 4 is 5.97 Å². The zero-order valence-electron chi connectivity index (χ0n) is 13.3. The molecule has 21 heavy (non-hydrogen) atoms. The van der Waals surface area contributed by atoms with E-state index in [2.05, 4.69) is 37.8 Å². The second-order valence-corrected chi connectivity index (χ2v) is 5.91. The molecule has 4 nitrogen and oxygen atoms in total. The fourth-order valence-corrected chi connectivity index (χ4v) is 2.94. The topological polar surface area (TPSA) is 38.8 Å². The molecule has 0 amide bonds. The van der Waals surface area contributed by atoms with Gasteiger partial charge in [-0.3, -0.25) is 9.69 Å². The SMILES string of the molecule is COC(=O)CCN1C(C)C(c2ccccc2)OC1C(C)C. The van der Waals surface area contributed by atoms with Gasteiger partial charge in [-0.1, -0.05) is 44.2 Å². The van der Waals surface area contributed by atoms with Crippen LogP contribution in [0.15, 0.2) is 30.3 Å². The number of hydrogen-bond acceptors (Lipinski definition) is 4. The van der Waals surface area contributed by atoms with Crippen LogP contribution in [-0.2, 0) is 14.3 Å². The molecule has 1 aromatic carbocycles. The third-order valence-corrected chi connectivity index (χ3v) is 4.07. The highest BCUT2D eigenvalue weighted by molar-refractivity contribution is 5.69. The molecule has 116 valence electrons. The summed E-state index contributed by atoms with van der Waals surface area (Å²) in [6, 6.07) is 10.5. The van der Waals surface area contributed by atoms with E-state index >= 15 is 0 Å². The van der Waals surface area contributed by atoms with Gasteiger partial charge in [0.05, 0.1) is 19.6 Å². The van der Waals surface area contributed by atoms with Crippen LogP contribution >= 0.6 is 0 Å². The molecule has 2 rings (SSSR count). The summed E-state index contributed by atoms with van der Waals surface area (Å²) in [4.78, 5) is 13.7. The summed E-state index contributed by atoms with van der Waals surface area (Å²) < 4.78 is 11.0. The molecule has 0 bridgehead atoms. The molecular formula is C17H25NO3. The second kappa shape index (κ2) is 7.05. The van der Waals surface area contributed by atoms with Crippen molar-refractivity contribution in [1.29, 1.82) is 0 Å². The van der Waals surface area contributed by atoms with Crippen molar-refractivity contribution in [2.75, 3.05) is 13.7 Å². The molecule has 0 spiro atoms. The molecule has 0 radical (unpaired) electrons. The number of carbonyl (C=O) groups excluding carboxylic acids is 1. The first-order valence-electron chi connectivity index (χ1n) is 7.57. The molecule has 1 aliphatic heterocycles. The summed E-state index contributed by atoms with van der Waals surface area (Å²) in [5, 5.41) is 0. The van der Waals surface area contributed by atoms with Crippen molar-refractivity contribution in [2.24, 2.45) is 5.92 Å². The van der Waals surface area contributed by atoms with Crippen molar-refractivity contribution in [3.63, 3.8) is 0 Å². The minimum Gasteiger partial charge on any atom is -0.469 e. The Morgan fingerprint density at radius 1 is 1.33 bits per heavy atom. The Kier molecular flexibility index (Phi) is 5.37. The molecule has 1 aliphatic rings. The summed E-state index contributed by atoms with van der Waals surface area (Å²) in [5.41, 5.74) is 1.19. The van der Waals surface area contributed by atoms with Crippen LogP contribution in [0.2, 0.25) is 0 Å². The van der Waals surface area contributed by atoms with Gasteiger partial charge in [-0.2, -0.15) is 0 Å². The predicted molar refractivity (Wildman–Crippen MR) is 81.7 cm³/mol. The van der Waals surface area contributed by atoms with Gasteiger partial charge in [0.2, 0.25) is 0 Å². The Balaban J connectivity index is 2.12. The normalized spacial score (nSPS) is 26.2. The van der Waals surface area contributed by atoms with Crippen molar-refractivity contribution in [1.82, 2.24) is 4.90 Å². The number of benzene rings is 1. The summed E-state index contributed by atoms with van der Waals surface area (Å²) in [5.74, 6) is 0.201. The molecule has 0 aromatic heterocycles. The molecule has 1 fully saturated rings. The van der Waals surface area contributed by atoms with E-state index in [1.54, 1.807) is 0 Å². The summed E-state index contributed by atoms with van der Waals surface area (Å²) >= 11 is 0. The third-order valence-electron chi connectivity index (χ3n) is 4.07. The van der Waals surface area contributed by atoms with Gasteiger partial charge in [-0.25, -0.2) is 0 Å². The van der Waals surface area contributed by atoms with E-state index in [1.807, 2.05) is 18.2 Å². The average molecular weight is 291 g/mol. The zero-order chi connectivity index (χ0) is 15.4. The number of methoxy groups -OCH3 is 1. The van der Waals surface area contributed by atoms with E-state index in [9.17, 15) is 4.79 Å². The van der Waals surface area contributed by atoms with Crippen molar-refractivity contribution in [3.05, 3.63) is 35.9 Å². The number of esters is 1. The summed E-state index contributed by atoms with van der Waals surface area (Å²) in [6.07, 6.45) is 0.487. The Hall–Kier alpha value is -1.39. The number of nitrogens with zero attached hydrogens (tertiary/aromatic N) is 1. The molecule has 4 heteroatoms. The predicted octanol–water partition coefficient (Wildman–Crippen LogP) is 2.99. The van der Waals surface area contributed by atoms with E-state index in [0.717, 1.165) is 0 Å². The molecule has 0 aliphatic carbocycles. The lowest BCUT2D eigenvalue weighted by Crippen LogP contribution is -2.40. The average Bonchev–Trinajstić information content (AvgIpc) is 2.83. The van der Waals surface area contributed by atoms with E-state index < -0.39 is 0 Å². The zero-order valence-corrected chi connectivity index (χ0v) is 13.3. The molecular weight excluding hydrogens is 266 g/mol. The van der Waals surface area contributed by atoms with Crippen molar-refractivity contribution < 1.29 is 14.3 Å². The first-order valence-corrected chi connectivity index (χ1v) is 7.57. The minimum absolute atomic E-state index is 0.0369. The van der Waals surface area contributed by atoms with Gasteiger partial charge in [-0.15, -0.1) is 0 Å². The Bertz CT molecular complexity index is 460. The molecule has 1 aromatic rings. The van der Waals surface area contributed by atoms with E-state index in [-0.39, 0.29) is 24.3 Å². The van der Waals surface area contributed by atoms with Gasteiger partial charge in [0.25, 0.3) is 0 Å². The van der Waals surface area contributed by atoms with Crippen LogP contribution in [0.5, 0.6) is 0 Å². The maximum Gasteiger partial charge on any atom is 0.306 e. The highest BCUT2D eigenvalue weighted by Gasteiger charge is 2.41. The maximum atomic E-state index is 11.4. The highest BCUT2D eigenvalue weighted by atomic mass is 16.5. The lowest BCUT2D eigenvalue weighted by molar-refractivity contribution is -0.141. The van der Waals surface area contributed by atoms with Gasteiger partial charge in [0.1, 0.15) is 6.23 Å².